The predicted molar refractivity (Wildman–Crippen MR) is 67.8 cm³/mol. The average molecular weight is 237 g/mol. The fourth-order valence-corrected chi connectivity index (χ4v) is 2.16. The Bertz CT molecular complexity index is 333. The molecule has 0 aliphatic heterocycles. The number of aliphatic hydroxyl groups is 1. The largest absolute Gasteiger partial charge is 0.395 e. The van der Waals surface area contributed by atoms with Gasteiger partial charge in [0.25, 0.3) is 0 Å². The van der Waals surface area contributed by atoms with Gasteiger partial charge in [-0.15, -0.1) is 0 Å². The minimum absolute atomic E-state index is 0.237. The summed E-state index contributed by atoms with van der Waals surface area (Å²) >= 11 is 0. The molecule has 1 heterocycles. The summed E-state index contributed by atoms with van der Waals surface area (Å²) in [6.45, 7) is 5.17. The van der Waals surface area contributed by atoms with E-state index in [4.69, 9.17) is 5.11 Å². The second kappa shape index (κ2) is 6.17. The third-order valence-electron chi connectivity index (χ3n) is 3.32. The van der Waals surface area contributed by atoms with Crippen molar-refractivity contribution in [3.63, 3.8) is 0 Å². The quantitative estimate of drug-likeness (QED) is 0.749. The molecule has 1 aliphatic rings. The smallest absolute Gasteiger partial charge is 0.0951 e. The summed E-state index contributed by atoms with van der Waals surface area (Å²) < 4.78 is 2.30. The molecule has 2 rings (SSSR count). The Morgan fingerprint density at radius 2 is 2.29 bits per heavy atom. The third kappa shape index (κ3) is 3.54. The summed E-state index contributed by atoms with van der Waals surface area (Å²) in [6, 6.07) is 0.689. The summed E-state index contributed by atoms with van der Waals surface area (Å²) in [4.78, 5) is 6.57. The van der Waals surface area contributed by atoms with Crippen molar-refractivity contribution < 1.29 is 5.11 Å². The molecule has 17 heavy (non-hydrogen) atoms. The number of unbranched alkanes of at least 4 members (excludes halogenated alkanes) is 1. The van der Waals surface area contributed by atoms with E-state index in [1.807, 2.05) is 12.5 Å². The van der Waals surface area contributed by atoms with E-state index in [-0.39, 0.29) is 6.61 Å². The molecule has 4 nitrogen and oxygen atoms in total. The maximum atomic E-state index is 9.09. The van der Waals surface area contributed by atoms with Crippen molar-refractivity contribution in [1.82, 2.24) is 14.5 Å². The number of imidazole rings is 1. The number of rotatable bonds is 8. The van der Waals surface area contributed by atoms with Crippen LogP contribution in [0.1, 0.15) is 44.3 Å². The molecule has 1 N–H and O–H groups in total. The number of aromatic nitrogens is 2. The van der Waals surface area contributed by atoms with E-state index in [0.717, 1.165) is 19.6 Å². The SMILES string of the molecule is CCCCN(CCO)Cc1cncn1C1CC1. The van der Waals surface area contributed by atoms with Crippen LogP contribution in [0, 0.1) is 0 Å². The van der Waals surface area contributed by atoms with Crippen molar-refractivity contribution in [3.05, 3.63) is 18.2 Å². The van der Waals surface area contributed by atoms with Crippen LogP contribution < -0.4 is 0 Å². The molecule has 96 valence electrons. The number of nitrogens with zero attached hydrogens (tertiary/aromatic N) is 3. The lowest BCUT2D eigenvalue weighted by atomic mass is 10.3. The van der Waals surface area contributed by atoms with Crippen LogP contribution >= 0.6 is 0 Å². The molecule has 0 unspecified atom stereocenters. The Hall–Kier alpha value is -0.870. The molecule has 1 aliphatic carbocycles. The molecule has 0 saturated heterocycles. The maximum Gasteiger partial charge on any atom is 0.0951 e. The first-order valence-electron chi connectivity index (χ1n) is 6.69. The molecule has 1 fully saturated rings. The number of hydrogen-bond donors (Lipinski definition) is 1. The first-order chi connectivity index (χ1) is 8.35. The van der Waals surface area contributed by atoms with E-state index in [2.05, 4.69) is 21.4 Å². The summed E-state index contributed by atoms with van der Waals surface area (Å²) in [7, 11) is 0. The Kier molecular flexibility index (Phi) is 4.57. The van der Waals surface area contributed by atoms with Gasteiger partial charge >= 0.3 is 0 Å². The molecule has 0 spiro atoms. The van der Waals surface area contributed by atoms with Crippen LogP contribution in [0.2, 0.25) is 0 Å². The molecular formula is C13H23N3O. The van der Waals surface area contributed by atoms with Crippen LogP contribution in [0.15, 0.2) is 12.5 Å². The molecular weight excluding hydrogens is 214 g/mol. The topological polar surface area (TPSA) is 41.3 Å². The van der Waals surface area contributed by atoms with E-state index >= 15 is 0 Å². The van der Waals surface area contributed by atoms with Gasteiger partial charge in [-0.25, -0.2) is 4.98 Å². The lowest BCUT2D eigenvalue weighted by Crippen LogP contribution is -2.28. The van der Waals surface area contributed by atoms with Gasteiger partial charge in [0.1, 0.15) is 0 Å². The lowest BCUT2D eigenvalue weighted by Gasteiger charge is -2.21. The van der Waals surface area contributed by atoms with Crippen LogP contribution in [0.4, 0.5) is 0 Å². The molecule has 0 radical (unpaired) electrons. The Labute approximate surface area is 103 Å². The zero-order chi connectivity index (χ0) is 12.1. The summed E-state index contributed by atoms with van der Waals surface area (Å²) in [6.07, 6.45) is 8.89. The van der Waals surface area contributed by atoms with Crippen molar-refractivity contribution >= 4 is 0 Å². The second-order valence-corrected chi connectivity index (χ2v) is 4.88. The van der Waals surface area contributed by atoms with E-state index in [0.29, 0.717) is 6.04 Å². The van der Waals surface area contributed by atoms with Crippen LogP contribution in [-0.2, 0) is 6.54 Å². The number of aliphatic hydroxyl groups excluding tert-OH is 1. The highest BCUT2D eigenvalue weighted by Crippen LogP contribution is 2.35. The fourth-order valence-electron chi connectivity index (χ4n) is 2.16. The van der Waals surface area contributed by atoms with E-state index in [1.165, 1.54) is 31.4 Å². The summed E-state index contributed by atoms with van der Waals surface area (Å²) in [5.41, 5.74) is 1.29. The van der Waals surface area contributed by atoms with Gasteiger partial charge in [-0.3, -0.25) is 4.90 Å². The average Bonchev–Trinajstić information content (AvgIpc) is 3.07. The van der Waals surface area contributed by atoms with Crippen molar-refractivity contribution in [2.75, 3.05) is 19.7 Å². The molecule has 0 atom stereocenters. The van der Waals surface area contributed by atoms with Crippen LogP contribution in [-0.4, -0.2) is 39.3 Å². The molecule has 0 aromatic carbocycles. The minimum atomic E-state index is 0.237. The Morgan fingerprint density at radius 1 is 1.47 bits per heavy atom. The van der Waals surface area contributed by atoms with Gasteiger partial charge in [0, 0.05) is 25.3 Å². The van der Waals surface area contributed by atoms with Crippen molar-refractivity contribution in [2.45, 2.75) is 45.2 Å². The zero-order valence-corrected chi connectivity index (χ0v) is 10.7. The molecule has 0 bridgehead atoms. The van der Waals surface area contributed by atoms with Gasteiger partial charge in [0.2, 0.25) is 0 Å². The van der Waals surface area contributed by atoms with Crippen LogP contribution in [0.25, 0.3) is 0 Å². The first kappa shape index (κ1) is 12.6. The Morgan fingerprint density at radius 3 is 2.94 bits per heavy atom. The number of hydrogen-bond acceptors (Lipinski definition) is 3. The standard InChI is InChI=1S/C13H23N3O/c1-2-3-6-15(7-8-17)10-13-9-14-11-16(13)12-4-5-12/h9,11-12,17H,2-8,10H2,1H3. The summed E-state index contributed by atoms with van der Waals surface area (Å²) in [5, 5.41) is 9.09. The maximum absolute atomic E-state index is 9.09. The molecule has 1 aromatic rings. The highest BCUT2D eigenvalue weighted by atomic mass is 16.3. The van der Waals surface area contributed by atoms with Gasteiger partial charge in [0.15, 0.2) is 0 Å². The van der Waals surface area contributed by atoms with Gasteiger partial charge in [-0.05, 0) is 25.8 Å². The van der Waals surface area contributed by atoms with Crippen molar-refractivity contribution in [2.24, 2.45) is 0 Å². The van der Waals surface area contributed by atoms with Gasteiger partial charge in [-0.1, -0.05) is 13.3 Å². The molecule has 1 aromatic heterocycles. The van der Waals surface area contributed by atoms with Crippen molar-refractivity contribution in [3.8, 4) is 0 Å². The molecule has 1 saturated carbocycles. The van der Waals surface area contributed by atoms with Gasteiger partial charge in [0.05, 0.1) is 18.6 Å². The van der Waals surface area contributed by atoms with E-state index in [1.54, 1.807) is 0 Å². The zero-order valence-electron chi connectivity index (χ0n) is 10.7. The molecule has 4 heteroatoms. The van der Waals surface area contributed by atoms with E-state index < -0.39 is 0 Å². The fraction of sp³-hybridized carbons (Fsp3) is 0.769. The lowest BCUT2D eigenvalue weighted by molar-refractivity contribution is 0.185. The highest BCUT2D eigenvalue weighted by molar-refractivity contribution is 5.03. The first-order valence-corrected chi connectivity index (χ1v) is 6.69. The van der Waals surface area contributed by atoms with E-state index in [9.17, 15) is 0 Å². The third-order valence-corrected chi connectivity index (χ3v) is 3.32. The Balaban J connectivity index is 1.92. The van der Waals surface area contributed by atoms with Gasteiger partial charge in [-0.2, -0.15) is 0 Å². The normalized spacial score (nSPS) is 15.7. The van der Waals surface area contributed by atoms with Gasteiger partial charge < -0.3 is 9.67 Å². The second-order valence-electron chi connectivity index (χ2n) is 4.88. The summed E-state index contributed by atoms with van der Waals surface area (Å²) in [5.74, 6) is 0. The minimum Gasteiger partial charge on any atom is -0.395 e. The van der Waals surface area contributed by atoms with Crippen molar-refractivity contribution in [1.29, 1.82) is 0 Å². The van der Waals surface area contributed by atoms with Crippen LogP contribution in [0.5, 0.6) is 0 Å². The highest BCUT2D eigenvalue weighted by Gasteiger charge is 2.25. The monoisotopic (exact) mass is 237 g/mol. The predicted octanol–water partition coefficient (Wildman–Crippen LogP) is 1.81. The van der Waals surface area contributed by atoms with Crippen LogP contribution in [0.3, 0.4) is 0 Å². The molecule has 0 amide bonds.